The van der Waals surface area contributed by atoms with Crippen LogP contribution in [0.5, 0.6) is 0 Å². The standard InChI is InChI=1S/C14H18F2O9/c1-6(17)21-5-10-11(22-7(2)18)12(23-8(3)19)13(24-9(4)20)14(15,16)25-10/h10-13H,5H2,1-4H3/t10-,11-,12+,13-/m1/s1. The van der Waals surface area contributed by atoms with Crippen molar-refractivity contribution in [3.05, 3.63) is 0 Å². The van der Waals surface area contributed by atoms with E-state index in [0.717, 1.165) is 27.7 Å². The van der Waals surface area contributed by atoms with Crippen LogP contribution in [0.3, 0.4) is 0 Å². The molecule has 1 saturated heterocycles. The molecule has 1 aliphatic rings. The fraction of sp³-hybridized carbons (Fsp3) is 0.714. The van der Waals surface area contributed by atoms with E-state index in [1.54, 1.807) is 0 Å². The fourth-order valence-corrected chi connectivity index (χ4v) is 2.21. The normalized spacial score (nSPS) is 27.8. The van der Waals surface area contributed by atoms with E-state index >= 15 is 0 Å². The molecule has 0 spiro atoms. The summed E-state index contributed by atoms with van der Waals surface area (Å²) in [4.78, 5) is 44.6. The lowest BCUT2D eigenvalue weighted by molar-refractivity contribution is -0.373. The summed E-state index contributed by atoms with van der Waals surface area (Å²) in [7, 11) is 0. The monoisotopic (exact) mass is 368 g/mol. The van der Waals surface area contributed by atoms with E-state index in [2.05, 4.69) is 14.2 Å². The molecule has 0 N–H and O–H groups in total. The molecule has 1 heterocycles. The Kier molecular flexibility index (Phi) is 6.79. The van der Waals surface area contributed by atoms with Gasteiger partial charge in [0.15, 0.2) is 12.2 Å². The van der Waals surface area contributed by atoms with Gasteiger partial charge in [0, 0.05) is 27.7 Å². The number of rotatable bonds is 5. The van der Waals surface area contributed by atoms with E-state index in [1.807, 2.05) is 0 Å². The van der Waals surface area contributed by atoms with Crippen molar-refractivity contribution >= 4 is 23.9 Å². The minimum absolute atomic E-state index is 0.701. The predicted molar refractivity (Wildman–Crippen MR) is 73.1 cm³/mol. The molecule has 0 aromatic rings. The molecule has 9 nitrogen and oxygen atoms in total. The van der Waals surface area contributed by atoms with Crippen molar-refractivity contribution in [2.45, 2.75) is 58.2 Å². The highest BCUT2D eigenvalue weighted by Gasteiger charge is 2.61. The second-order valence-electron chi connectivity index (χ2n) is 5.20. The molecule has 142 valence electrons. The van der Waals surface area contributed by atoms with Crippen LogP contribution in [-0.4, -0.2) is 61.0 Å². The van der Waals surface area contributed by atoms with E-state index < -0.39 is 61.0 Å². The van der Waals surface area contributed by atoms with E-state index in [1.165, 1.54) is 0 Å². The predicted octanol–water partition coefficient (Wildman–Crippen LogP) is 0.336. The average Bonchev–Trinajstić information content (AvgIpc) is 2.42. The summed E-state index contributed by atoms with van der Waals surface area (Å²) >= 11 is 0. The van der Waals surface area contributed by atoms with Crippen molar-refractivity contribution in [2.24, 2.45) is 0 Å². The zero-order valence-electron chi connectivity index (χ0n) is 13.9. The van der Waals surface area contributed by atoms with Crippen molar-refractivity contribution < 1.29 is 51.6 Å². The average molecular weight is 368 g/mol. The molecule has 25 heavy (non-hydrogen) atoms. The molecule has 1 aliphatic heterocycles. The van der Waals surface area contributed by atoms with Gasteiger partial charge in [-0.05, 0) is 0 Å². The maximum absolute atomic E-state index is 14.2. The molecule has 1 fully saturated rings. The summed E-state index contributed by atoms with van der Waals surface area (Å²) in [5, 5.41) is 0. The van der Waals surface area contributed by atoms with Gasteiger partial charge in [0.1, 0.15) is 12.7 Å². The van der Waals surface area contributed by atoms with E-state index in [-0.39, 0.29) is 0 Å². The number of carbonyl (C=O) groups excluding carboxylic acids is 4. The highest BCUT2D eigenvalue weighted by Crippen LogP contribution is 2.37. The van der Waals surface area contributed by atoms with Crippen LogP contribution >= 0.6 is 0 Å². The second kappa shape index (κ2) is 8.19. The zero-order chi connectivity index (χ0) is 19.4. The molecule has 0 radical (unpaired) electrons. The van der Waals surface area contributed by atoms with Gasteiger partial charge >= 0.3 is 30.0 Å². The Labute approximate surface area is 141 Å². The van der Waals surface area contributed by atoms with Crippen LogP contribution in [0.25, 0.3) is 0 Å². The van der Waals surface area contributed by atoms with Crippen molar-refractivity contribution in [1.29, 1.82) is 0 Å². The van der Waals surface area contributed by atoms with Crippen LogP contribution < -0.4 is 0 Å². The van der Waals surface area contributed by atoms with Crippen LogP contribution in [0, 0.1) is 0 Å². The fourth-order valence-electron chi connectivity index (χ4n) is 2.21. The maximum Gasteiger partial charge on any atom is 0.397 e. The first kappa shape index (κ1) is 20.7. The van der Waals surface area contributed by atoms with Gasteiger partial charge in [0.05, 0.1) is 0 Å². The van der Waals surface area contributed by atoms with Gasteiger partial charge in [-0.1, -0.05) is 0 Å². The third-order valence-corrected chi connectivity index (χ3v) is 2.98. The molecule has 11 heteroatoms. The molecule has 0 saturated carbocycles. The lowest BCUT2D eigenvalue weighted by Gasteiger charge is -2.43. The molecule has 0 aromatic carbocycles. The van der Waals surface area contributed by atoms with Crippen molar-refractivity contribution in [3.8, 4) is 0 Å². The minimum Gasteiger partial charge on any atom is -0.463 e. The molecule has 4 atom stereocenters. The number of halogens is 2. The summed E-state index contributed by atoms with van der Waals surface area (Å²) in [6.07, 6.45) is -11.6. The number of esters is 4. The second-order valence-corrected chi connectivity index (χ2v) is 5.20. The minimum atomic E-state index is -4.09. The topological polar surface area (TPSA) is 114 Å². The Balaban J connectivity index is 3.24. The number of hydrogen-bond acceptors (Lipinski definition) is 9. The van der Waals surface area contributed by atoms with Gasteiger partial charge in [0.2, 0.25) is 6.10 Å². The van der Waals surface area contributed by atoms with Crippen LogP contribution in [0.1, 0.15) is 27.7 Å². The number of carbonyl (C=O) groups is 4. The summed E-state index contributed by atoms with van der Waals surface area (Å²) in [6, 6.07) is 0. The zero-order valence-corrected chi connectivity index (χ0v) is 13.9. The van der Waals surface area contributed by atoms with Crippen molar-refractivity contribution in [2.75, 3.05) is 6.61 Å². The third-order valence-electron chi connectivity index (χ3n) is 2.98. The van der Waals surface area contributed by atoms with Gasteiger partial charge in [0.25, 0.3) is 0 Å². The highest BCUT2D eigenvalue weighted by atomic mass is 19.3. The quantitative estimate of drug-likeness (QED) is 0.500. The maximum atomic E-state index is 14.2. The summed E-state index contributed by atoms with van der Waals surface area (Å²) < 4.78 is 51.8. The smallest absolute Gasteiger partial charge is 0.397 e. The third kappa shape index (κ3) is 5.93. The number of ether oxygens (including phenoxy) is 5. The summed E-state index contributed by atoms with van der Waals surface area (Å²) in [6.45, 7) is 3.12. The van der Waals surface area contributed by atoms with Crippen LogP contribution in [0.2, 0.25) is 0 Å². The van der Waals surface area contributed by atoms with Gasteiger partial charge in [-0.3, -0.25) is 19.2 Å². The molecule has 0 aliphatic carbocycles. The van der Waals surface area contributed by atoms with E-state index in [4.69, 9.17) is 9.47 Å². The molecule has 0 aromatic heterocycles. The number of hydrogen-bond donors (Lipinski definition) is 0. The van der Waals surface area contributed by atoms with E-state index in [9.17, 15) is 28.0 Å². The number of alkyl halides is 2. The molecule has 0 amide bonds. The molecular weight excluding hydrogens is 350 g/mol. The lowest BCUT2D eigenvalue weighted by atomic mass is 9.98. The van der Waals surface area contributed by atoms with Crippen molar-refractivity contribution in [1.82, 2.24) is 0 Å². The Bertz CT molecular complexity index is 548. The molecular formula is C14H18F2O9. The first-order valence-corrected chi connectivity index (χ1v) is 7.14. The van der Waals surface area contributed by atoms with E-state index in [0.29, 0.717) is 0 Å². The van der Waals surface area contributed by atoms with Crippen LogP contribution in [0.4, 0.5) is 8.78 Å². The van der Waals surface area contributed by atoms with Gasteiger partial charge < -0.3 is 23.7 Å². The first-order valence-electron chi connectivity index (χ1n) is 7.14. The molecule has 1 rings (SSSR count). The first-order chi connectivity index (χ1) is 11.4. The van der Waals surface area contributed by atoms with Crippen LogP contribution in [-0.2, 0) is 42.9 Å². The van der Waals surface area contributed by atoms with Gasteiger partial charge in [-0.15, -0.1) is 0 Å². The summed E-state index contributed by atoms with van der Waals surface area (Å²) in [5.74, 6) is -3.77. The van der Waals surface area contributed by atoms with Gasteiger partial charge in [-0.2, -0.15) is 8.78 Å². The molecule has 0 unspecified atom stereocenters. The Morgan fingerprint density at radius 1 is 0.840 bits per heavy atom. The summed E-state index contributed by atoms with van der Waals surface area (Å²) in [5.41, 5.74) is 0. The van der Waals surface area contributed by atoms with Crippen LogP contribution in [0.15, 0.2) is 0 Å². The lowest BCUT2D eigenvalue weighted by Crippen LogP contribution is -2.65. The molecule has 0 bridgehead atoms. The van der Waals surface area contributed by atoms with Gasteiger partial charge in [-0.25, -0.2) is 0 Å². The largest absolute Gasteiger partial charge is 0.463 e. The van der Waals surface area contributed by atoms with Crippen molar-refractivity contribution in [3.63, 3.8) is 0 Å². The Morgan fingerprint density at radius 3 is 1.76 bits per heavy atom. The Hall–Kier alpha value is -2.30. The Morgan fingerprint density at radius 2 is 1.32 bits per heavy atom. The SMILES string of the molecule is CC(=O)OC[C@H]1OC(F)(F)[C@H](OC(C)=O)[C@@H](OC(C)=O)[C@@H]1OC(C)=O. The highest BCUT2D eigenvalue weighted by molar-refractivity contribution is 5.68.